The molecule has 0 radical (unpaired) electrons. The van der Waals surface area contributed by atoms with E-state index in [-0.39, 0.29) is 6.42 Å². The summed E-state index contributed by atoms with van der Waals surface area (Å²) in [6.45, 7) is 0. The summed E-state index contributed by atoms with van der Waals surface area (Å²) in [6, 6.07) is 6.95. The summed E-state index contributed by atoms with van der Waals surface area (Å²) in [5.41, 5.74) is 7.06. The molecule has 3 N–H and O–H groups in total. The second-order valence-electron chi connectivity index (χ2n) is 3.51. The van der Waals surface area contributed by atoms with E-state index in [1.165, 1.54) is 10.9 Å². The van der Waals surface area contributed by atoms with Crippen molar-refractivity contribution in [2.24, 2.45) is 0 Å². The molecule has 0 fully saturated rings. The molecule has 1 aromatic heterocycles. The molecule has 0 aliphatic heterocycles. The van der Waals surface area contributed by atoms with E-state index in [0.29, 0.717) is 16.4 Å². The van der Waals surface area contributed by atoms with Gasteiger partial charge in [-0.05, 0) is 24.3 Å². The van der Waals surface area contributed by atoms with Crippen LogP contribution in [0.3, 0.4) is 0 Å². The highest BCUT2D eigenvalue weighted by Crippen LogP contribution is 2.19. The first-order chi connectivity index (χ1) is 8.08. The minimum absolute atomic E-state index is 0.139. The number of carboxylic acid groups (broad SMARTS) is 1. The van der Waals surface area contributed by atoms with Gasteiger partial charge in [0.25, 0.3) is 0 Å². The summed E-state index contributed by atoms with van der Waals surface area (Å²) >= 11 is 5.77. The lowest BCUT2D eigenvalue weighted by Gasteiger charge is -2.04. The molecule has 5 nitrogen and oxygen atoms in total. The van der Waals surface area contributed by atoms with Crippen LogP contribution < -0.4 is 5.73 Å². The molecule has 2 aromatic rings. The van der Waals surface area contributed by atoms with Gasteiger partial charge in [-0.2, -0.15) is 5.10 Å². The van der Waals surface area contributed by atoms with E-state index in [2.05, 4.69) is 5.10 Å². The number of benzene rings is 1. The van der Waals surface area contributed by atoms with Crippen LogP contribution in [0.4, 0.5) is 5.82 Å². The third-order valence-corrected chi connectivity index (χ3v) is 2.55. The molecule has 0 saturated carbocycles. The van der Waals surface area contributed by atoms with Crippen LogP contribution in [0.5, 0.6) is 0 Å². The first-order valence-corrected chi connectivity index (χ1v) is 5.26. The summed E-state index contributed by atoms with van der Waals surface area (Å²) in [5.74, 6) is -0.609. The molecular formula is C11H10ClN3O2. The lowest BCUT2D eigenvalue weighted by atomic mass is 10.2. The van der Waals surface area contributed by atoms with Gasteiger partial charge in [-0.25, -0.2) is 4.68 Å². The van der Waals surface area contributed by atoms with Gasteiger partial charge in [0, 0.05) is 10.6 Å². The highest BCUT2D eigenvalue weighted by molar-refractivity contribution is 6.30. The van der Waals surface area contributed by atoms with Crippen LogP contribution in [0.25, 0.3) is 5.69 Å². The van der Waals surface area contributed by atoms with Crippen LogP contribution in [0, 0.1) is 0 Å². The number of aromatic nitrogens is 2. The smallest absolute Gasteiger partial charge is 0.308 e. The van der Waals surface area contributed by atoms with Crippen molar-refractivity contribution < 1.29 is 9.90 Å². The highest BCUT2D eigenvalue weighted by Gasteiger charge is 2.11. The largest absolute Gasteiger partial charge is 0.481 e. The number of anilines is 1. The predicted molar refractivity (Wildman–Crippen MR) is 64.3 cm³/mol. The summed E-state index contributed by atoms with van der Waals surface area (Å²) < 4.78 is 1.48. The average Bonchev–Trinajstić information content (AvgIpc) is 2.61. The normalized spacial score (nSPS) is 10.4. The number of nitrogen functional groups attached to an aromatic ring is 1. The number of nitrogens with zero attached hydrogens (tertiary/aromatic N) is 2. The van der Waals surface area contributed by atoms with E-state index < -0.39 is 5.97 Å². The number of carboxylic acids is 1. The lowest BCUT2D eigenvalue weighted by molar-refractivity contribution is -0.136. The third kappa shape index (κ3) is 2.39. The first kappa shape index (κ1) is 11.5. The Morgan fingerprint density at radius 3 is 2.65 bits per heavy atom. The quantitative estimate of drug-likeness (QED) is 0.871. The van der Waals surface area contributed by atoms with Gasteiger partial charge in [-0.1, -0.05) is 11.6 Å². The zero-order valence-electron chi connectivity index (χ0n) is 8.80. The van der Waals surface area contributed by atoms with Crippen molar-refractivity contribution in [2.75, 3.05) is 5.73 Å². The van der Waals surface area contributed by atoms with Gasteiger partial charge >= 0.3 is 5.97 Å². The maximum absolute atomic E-state index is 10.6. The van der Waals surface area contributed by atoms with E-state index in [9.17, 15) is 4.79 Å². The van der Waals surface area contributed by atoms with E-state index in [1.54, 1.807) is 24.3 Å². The molecule has 2 rings (SSSR count). The van der Waals surface area contributed by atoms with Gasteiger partial charge < -0.3 is 10.8 Å². The molecule has 1 heterocycles. The molecule has 0 aliphatic rings. The number of carbonyl (C=O) groups is 1. The van der Waals surface area contributed by atoms with E-state index >= 15 is 0 Å². The predicted octanol–water partition coefficient (Wildman–Crippen LogP) is 1.73. The minimum atomic E-state index is -0.938. The topological polar surface area (TPSA) is 81.1 Å². The standard InChI is InChI=1S/C11H10ClN3O2/c12-8-1-3-9(4-2-8)15-11(13)7(6-14-15)5-10(16)17/h1-4,6H,5,13H2,(H,16,17). The second-order valence-corrected chi connectivity index (χ2v) is 3.95. The maximum Gasteiger partial charge on any atom is 0.308 e. The molecule has 0 atom stereocenters. The van der Waals surface area contributed by atoms with Crippen molar-refractivity contribution >= 4 is 23.4 Å². The first-order valence-electron chi connectivity index (χ1n) is 4.88. The number of nitrogens with two attached hydrogens (primary N) is 1. The van der Waals surface area contributed by atoms with Crippen LogP contribution >= 0.6 is 11.6 Å². The fourth-order valence-electron chi connectivity index (χ4n) is 1.48. The molecule has 1 aromatic carbocycles. The summed E-state index contributed by atoms with van der Waals surface area (Å²) in [6.07, 6.45) is 1.32. The van der Waals surface area contributed by atoms with Gasteiger partial charge in [-0.15, -0.1) is 0 Å². The van der Waals surface area contributed by atoms with Gasteiger partial charge in [0.1, 0.15) is 5.82 Å². The Kier molecular flexibility index (Phi) is 3.01. The molecule has 17 heavy (non-hydrogen) atoms. The Labute approximate surface area is 102 Å². The van der Waals surface area contributed by atoms with Crippen molar-refractivity contribution in [2.45, 2.75) is 6.42 Å². The van der Waals surface area contributed by atoms with Crippen molar-refractivity contribution in [3.63, 3.8) is 0 Å². The summed E-state index contributed by atoms with van der Waals surface area (Å²) in [4.78, 5) is 10.6. The molecule has 0 spiro atoms. The van der Waals surface area contributed by atoms with E-state index in [0.717, 1.165) is 5.69 Å². The molecule has 0 aliphatic carbocycles. The fourth-order valence-corrected chi connectivity index (χ4v) is 1.60. The number of hydrogen-bond donors (Lipinski definition) is 2. The SMILES string of the molecule is Nc1c(CC(=O)O)cnn1-c1ccc(Cl)cc1. The van der Waals surface area contributed by atoms with Crippen molar-refractivity contribution in [1.29, 1.82) is 0 Å². The highest BCUT2D eigenvalue weighted by atomic mass is 35.5. The van der Waals surface area contributed by atoms with Gasteiger partial charge in [0.15, 0.2) is 0 Å². The lowest BCUT2D eigenvalue weighted by Crippen LogP contribution is -2.05. The average molecular weight is 252 g/mol. The number of aliphatic carboxylic acids is 1. The van der Waals surface area contributed by atoms with Crippen LogP contribution in [-0.2, 0) is 11.2 Å². The monoisotopic (exact) mass is 251 g/mol. The van der Waals surface area contributed by atoms with E-state index in [4.69, 9.17) is 22.4 Å². The van der Waals surface area contributed by atoms with Gasteiger partial charge in [0.2, 0.25) is 0 Å². The number of hydrogen-bond acceptors (Lipinski definition) is 3. The minimum Gasteiger partial charge on any atom is -0.481 e. The van der Waals surface area contributed by atoms with Crippen LogP contribution in [0.15, 0.2) is 30.5 Å². The number of rotatable bonds is 3. The molecule has 88 valence electrons. The number of halogens is 1. The maximum atomic E-state index is 10.6. The van der Waals surface area contributed by atoms with Gasteiger partial charge in [0.05, 0.1) is 18.3 Å². The molecule has 0 bridgehead atoms. The zero-order valence-corrected chi connectivity index (χ0v) is 9.55. The summed E-state index contributed by atoms with van der Waals surface area (Å²) in [7, 11) is 0. The Hall–Kier alpha value is -2.01. The zero-order chi connectivity index (χ0) is 12.4. The molecule has 0 saturated heterocycles. The Morgan fingerprint density at radius 1 is 1.41 bits per heavy atom. The summed E-state index contributed by atoms with van der Waals surface area (Å²) in [5, 5.41) is 13.4. The van der Waals surface area contributed by atoms with Crippen molar-refractivity contribution in [3.05, 3.63) is 41.0 Å². The Bertz CT molecular complexity index is 548. The molecular weight excluding hydrogens is 242 g/mol. The van der Waals surface area contributed by atoms with Gasteiger partial charge in [-0.3, -0.25) is 4.79 Å². The second kappa shape index (κ2) is 4.47. The van der Waals surface area contributed by atoms with E-state index in [1.807, 2.05) is 0 Å². The fraction of sp³-hybridized carbons (Fsp3) is 0.0909. The Morgan fingerprint density at radius 2 is 2.06 bits per heavy atom. The molecule has 0 amide bonds. The van der Waals surface area contributed by atoms with Crippen LogP contribution in [0.1, 0.15) is 5.56 Å². The molecule has 0 unspecified atom stereocenters. The third-order valence-electron chi connectivity index (χ3n) is 2.30. The van der Waals surface area contributed by atoms with Crippen LogP contribution in [0.2, 0.25) is 5.02 Å². The van der Waals surface area contributed by atoms with Crippen LogP contribution in [-0.4, -0.2) is 20.9 Å². The molecule has 6 heteroatoms. The van der Waals surface area contributed by atoms with Crippen molar-refractivity contribution in [1.82, 2.24) is 9.78 Å². The van der Waals surface area contributed by atoms with Crippen molar-refractivity contribution in [3.8, 4) is 5.69 Å². The Balaban J connectivity index is 2.37.